The molecule has 0 aliphatic rings. The summed E-state index contributed by atoms with van der Waals surface area (Å²) in [5.41, 5.74) is 2.21. The molecule has 3 N–H and O–H groups in total. The molecule has 0 aliphatic heterocycles. The van der Waals surface area contributed by atoms with Crippen molar-refractivity contribution in [2.24, 2.45) is 0 Å². The highest BCUT2D eigenvalue weighted by Gasteiger charge is 2.21. The second-order valence-corrected chi connectivity index (χ2v) is 6.14. The molecule has 0 amide bonds. The van der Waals surface area contributed by atoms with Crippen LogP contribution in [-0.4, -0.2) is 39.4 Å². The minimum Gasteiger partial charge on any atom is -0.507 e. The van der Waals surface area contributed by atoms with Gasteiger partial charge >= 0.3 is 0 Å². The van der Waals surface area contributed by atoms with E-state index in [9.17, 15) is 10.2 Å². The van der Waals surface area contributed by atoms with Crippen molar-refractivity contribution in [3.63, 3.8) is 0 Å². The summed E-state index contributed by atoms with van der Waals surface area (Å²) in [4.78, 5) is 1.87. The van der Waals surface area contributed by atoms with Gasteiger partial charge in [0.1, 0.15) is 22.9 Å². The predicted molar refractivity (Wildman–Crippen MR) is 96.0 cm³/mol. The van der Waals surface area contributed by atoms with E-state index in [1.54, 1.807) is 12.1 Å². The zero-order chi connectivity index (χ0) is 18.0. The van der Waals surface area contributed by atoms with E-state index >= 15 is 0 Å². The maximum Gasteiger partial charge on any atom is 0.176 e. The van der Waals surface area contributed by atoms with Crippen molar-refractivity contribution < 1.29 is 14.9 Å². The molecule has 0 bridgehead atoms. The van der Waals surface area contributed by atoms with E-state index in [2.05, 4.69) is 10.2 Å². The van der Waals surface area contributed by atoms with Crippen LogP contribution in [-0.2, 0) is 6.54 Å². The first-order valence-electron chi connectivity index (χ1n) is 7.94. The van der Waals surface area contributed by atoms with Gasteiger partial charge < -0.3 is 19.8 Å². The van der Waals surface area contributed by atoms with Gasteiger partial charge in [-0.3, -0.25) is 5.10 Å². The van der Waals surface area contributed by atoms with Crippen molar-refractivity contribution in [3.8, 4) is 34.3 Å². The molecule has 0 atom stereocenters. The molecular formula is C19H21N3O3. The van der Waals surface area contributed by atoms with Gasteiger partial charge in [-0.1, -0.05) is 18.2 Å². The number of aromatic hydroxyl groups is 2. The number of aromatic amines is 1. The number of rotatable bonds is 5. The highest BCUT2D eigenvalue weighted by molar-refractivity contribution is 5.76. The van der Waals surface area contributed by atoms with E-state index in [-0.39, 0.29) is 11.5 Å². The molecule has 1 heterocycles. The molecule has 3 rings (SSSR count). The molecule has 2 aromatic carbocycles. The number of benzene rings is 2. The highest BCUT2D eigenvalue weighted by atomic mass is 16.5. The number of hydrogen-bond acceptors (Lipinski definition) is 5. The molecule has 0 fully saturated rings. The first-order valence-corrected chi connectivity index (χ1v) is 7.94. The van der Waals surface area contributed by atoms with Crippen LogP contribution in [0.5, 0.6) is 23.0 Å². The maximum absolute atomic E-state index is 10.7. The Morgan fingerprint density at radius 2 is 1.80 bits per heavy atom. The largest absolute Gasteiger partial charge is 0.507 e. The first kappa shape index (κ1) is 16.9. The summed E-state index contributed by atoms with van der Waals surface area (Å²) in [6.45, 7) is 2.26. The number of nitrogens with one attached hydrogen (secondary N) is 1. The fourth-order valence-electron chi connectivity index (χ4n) is 2.62. The lowest BCUT2D eigenvalue weighted by Crippen LogP contribution is -2.11. The average Bonchev–Trinajstić information content (AvgIpc) is 2.93. The standard InChI is InChI=1S/C19H21N3O3/c1-12-19(25-13-7-5-4-6-8-13)17(21-20-12)14-9-10-16(23)15(18(14)24)11-22(2)3/h4-10,23-24H,11H2,1-3H3,(H,20,21). The van der Waals surface area contributed by atoms with Crippen LogP contribution in [0, 0.1) is 6.92 Å². The molecule has 0 saturated heterocycles. The van der Waals surface area contributed by atoms with Gasteiger partial charge in [0.05, 0.1) is 11.3 Å². The van der Waals surface area contributed by atoms with Crippen molar-refractivity contribution in [1.82, 2.24) is 15.1 Å². The number of phenols is 2. The number of nitrogens with zero attached hydrogens (tertiary/aromatic N) is 2. The third kappa shape index (κ3) is 3.44. The molecule has 25 heavy (non-hydrogen) atoms. The maximum atomic E-state index is 10.7. The second-order valence-electron chi connectivity index (χ2n) is 6.14. The van der Waals surface area contributed by atoms with Crippen LogP contribution in [0.15, 0.2) is 42.5 Å². The molecule has 3 aromatic rings. The van der Waals surface area contributed by atoms with Gasteiger partial charge in [0.25, 0.3) is 0 Å². The van der Waals surface area contributed by atoms with Crippen LogP contribution in [0.2, 0.25) is 0 Å². The fourth-order valence-corrected chi connectivity index (χ4v) is 2.62. The van der Waals surface area contributed by atoms with Crippen molar-refractivity contribution in [2.75, 3.05) is 14.1 Å². The summed E-state index contributed by atoms with van der Waals surface area (Å²) in [5, 5.41) is 27.9. The van der Waals surface area contributed by atoms with Crippen molar-refractivity contribution >= 4 is 0 Å². The number of H-pyrrole nitrogens is 1. The van der Waals surface area contributed by atoms with Crippen LogP contribution in [0.25, 0.3) is 11.3 Å². The molecule has 6 nitrogen and oxygen atoms in total. The third-order valence-corrected chi connectivity index (χ3v) is 3.84. The Labute approximate surface area is 146 Å². The Hall–Kier alpha value is -2.99. The SMILES string of the molecule is Cc1[nH]nc(-c2ccc(O)c(CN(C)C)c2O)c1Oc1ccccc1. The summed E-state index contributed by atoms with van der Waals surface area (Å²) in [5.74, 6) is 1.27. The van der Waals surface area contributed by atoms with E-state index in [1.165, 1.54) is 0 Å². The van der Waals surface area contributed by atoms with Gasteiger partial charge in [-0.25, -0.2) is 0 Å². The van der Waals surface area contributed by atoms with Gasteiger partial charge in [-0.2, -0.15) is 5.10 Å². The summed E-state index contributed by atoms with van der Waals surface area (Å²) in [7, 11) is 3.74. The number of para-hydroxylation sites is 1. The Balaban J connectivity index is 2.06. The molecule has 130 valence electrons. The molecule has 0 unspecified atom stereocenters. The lowest BCUT2D eigenvalue weighted by atomic mass is 10.0. The molecule has 0 spiro atoms. The molecule has 6 heteroatoms. The third-order valence-electron chi connectivity index (χ3n) is 3.84. The van der Waals surface area contributed by atoms with E-state index in [4.69, 9.17) is 4.74 Å². The molecule has 0 radical (unpaired) electrons. The average molecular weight is 339 g/mol. The van der Waals surface area contributed by atoms with E-state index in [0.29, 0.717) is 34.9 Å². The van der Waals surface area contributed by atoms with Gasteiger partial charge in [-0.05, 0) is 45.3 Å². The van der Waals surface area contributed by atoms with Crippen LogP contribution in [0.1, 0.15) is 11.3 Å². The van der Waals surface area contributed by atoms with Crippen LogP contribution >= 0.6 is 0 Å². The van der Waals surface area contributed by atoms with Crippen molar-refractivity contribution in [1.29, 1.82) is 0 Å². The van der Waals surface area contributed by atoms with Gasteiger partial charge in [0.2, 0.25) is 0 Å². The van der Waals surface area contributed by atoms with Gasteiger partial charge in [0, 0.05) is 12.1 Å². The molecule has 0 aliphatic carbocycles. The summed E-state index contributed by atoms with van der Waals surface area (Å²) < 4.78 is 5.96. The lowest BCUT2D eigenvalue weighted by molar-refractivity contribution is 0.369. The van der Waals surface area contributed by atoms with E-state index < -0.39 is 0 Å². The summed E-state index contributed by atoms with van der Waals surface area (Å²) in [6, 6.07) is 12.6. The Bertz CT molecular complexity index is 873. The van der Waals surface area contributed by atoms with E-state index in [0.717, 1.165) is 5.69 Å². The number of aryl methyl sites for hydroxylation is 1. The number of hydrogen-bond donors (Lipinski definition) is 3. The fraction of sp³-hybridized carbons (Fsp3) is 0.211. The quantitative estimate of drug-likeness (QED) is 0.661. The van der Waals surface area contributed by atoms with Crippen LogP contribution in [0.4, 0.5) is 0 Å². The number of phenolic OH excluding ortho intramolecular Hbond substituents is 2. The topological polar surface area (TPSA) is 81.6 Å². The van der Waals surface area contributed by atoms with Crippen LogP contribution < -0.4 is 4.74 Å². The van der Waals surface area contributed by atoms with Crippen molar-refractivity contribution in [3.05, 3.63) is 53.7 Å². The minimum atomic E-state index is -0.00175. The Kier molecular flexibility index (Phi) is 4.63. The number of aromatic nitrogens is 2. The Morgan fingerprint density at radius 3 is 2.48 bits per heavy atom. The second kappa shape index (κ2) is 6.86. The zero-order valence-corrected chi connectivity index (χ0v) is 14.4. The molecule has 1 aromatic heterocycles. The van der Waals surface area contributed by atoms with Gasteiger partial charge in [-0.15, -0.1) is 0 Å². The van der Waals surface area contributed by atoms with Crippen LogP contribution in [0.3, 0.4) is 0 Å². The smallest absolute Gasteiger partial charge is 0.176 e. The minimum absolute atomic E-state index is 0.00175. The first-order chi connectivity index (χ1) is 12.0. The zero-order valence-electron chi connectivity index (χ0n) is 14.4. The normalized spacial score (nSPS) is 11.0. The van der Waals surface area contributed by atoms with E-state index in [1.807, 2.05) is 56.3 Å². The number of ether oxygens (including phenoxy) is 1. The predicted octanol–water partition coefficient (Wildman–Crippen LogP) is 3.65. The lowest BCUT2D eigenvalue weighted by Gasteiger charge is -2.15. The Morgan fingerprint density at radius 1 is 1.08 bits per heavy atom. The summed E-state index contributed by atoms with van der Waals surface area (Å²) >= 11 is 0. The summed E-state index contributed by atoms with van der Waals surface area (Å²) in [6.07, 6.45) is 0. The van der Waals surface area contributed by atoms with Crippen molar-refractivity contribution in [2.45, 2.75) is 13.5 Å². The molecule has 0 saturated carbocycles. The highest BCUT2D eigenvalue weighted by Crippen LogP contribution is 2.42. The molecular weight excluding hydrogens is 318 g/mol. The van der Waals surface area contributed by atoms with Gasteiger partial charge in [0.15, 0.2) is 5.75 Å². The monoisotopic (exact) mass is 339 g/mol.